The molecule has 1 aromatic heterocycles. The number of nitrogens with zero attached hydrogens (tertiary/aromatic N) is 2. The lowest BCUT2D eigenvalue weighted by atomic mass is 9.95. The van der Waals surface area contributed by atoms with E-state index < -0.39 is 17.7 Å². The first-order valence-corrected chi connectivity index (χ1v) is 13.3. The van der Waals surface area contributed by atoms with Gasteiger partial charge < -0.3 is 14.6 Å². The lowest BCUT2D eigenvalue weighted by molar-refractivity contribution is -0.132. The molecule has 0 spiro atoms. The average Bonchev–Trinajstić information content (AvgIpc) is 3.46. The number of aliphatic hydroxyl groups is 1. The summed E-state index contributed by atoms with van der Waals surface area (Å²) in [4.78, 5) is 33.1. The predicted octanol–water partition coefficient (Wildman–Crippen LogP) is 6.55. The van der Waals surface area contributed by atoms with Crippen LogP contribution in [-0.4, -0.2) is 35.5 Å². The molecular weight excluding hydrogens is 524 g/mol. The van der Waals surface area contributed by atoms with Gasteiger partial charge in [0.25, 0.3) is 5.78 Å². The smallest absolute Gasteiger partial charge is 0.301 e. The van der Waals surface area contributed by atoms with Crippen molar-refractivity contribution in [3.05, 3.63) is 87.9 Å². The van der Waals surface area contributed by atoms with Crippen LogP contribution in [0.25, 0.3) is 16.0 Å². The molecule has 4 aromatic rings. The van der Waals surface area contributed by atoms with Gasteiger partial charge in [-0.1, -0.05) is 42.0 Å². The average molecular weight is 549 g/mol. The van der Waals surface area contributed by atoms with Crippen LogP contribution < -0.4 is 14.4 Å². The zero-order valence-electron chi connectivity index (χ0n) is 21.0. The summed E-state index contributed by atoms with van der Waals surface area (Å²) in [7, 11) is 1.52. The number of aliphatic hydroxyl groups excluding tert-OH is 1. The number of fused-ring (bicyclic) bond motifs is 1. The topological polar surface area (TPSA) is 89.0 Å². The Morgan fingerprint density at radius 1 is 1.05 bits per heavy atom. The Kier molecular flexibility index (Phi) is 7.10. The van der Waals surface area contributed by atoms with Gasteiger partial charge in [-0.2, -0.15) is 0 Å². The maximum atomic E-state index is 13.5. The van der Waals surface area contributed by atoms with E-state index in [1.165, 1.54) is 23.3 Å². The number of ether oxygens (including phenoxy) is 2. The van der Waals surface area contributed by atoms with E-state index >= 15 is 0 Å². The Morgan fingerprint density at radius 3 is 2.50 bits per heavy atom. The van der Waals surface area contributed by atoms with E-state index in [-0.39, 0.29) is 11.3 Å². The van der Waals surface area contributed by atoms with Gasteiger partial charge in [-0.25, -0.2) is 4.98 Å². The van der Waals surface area contributed by atoms with E-state index in [2.05, 4.69) is 6.92 Å². The predicted molar refractivity (Wildman–Crippen MR) is 149 cm³/mol. The molecule has 1 atom stereocenters. The Labute approximate surface area is 228 Å². The first kappa shape index (κ1) is 25.8. The Morgan fingerprint density at radius 2 is 1.82 bits per heavy atom. The molecule has 0 aliphatic carbocycles. The number of amides is 1. The quantitative estimate of drug-likeness (QED) is 0.160. The molecule has 0 unspecified atom stereocenters. The maximum absolute atomic E-state index is 13.5. The number of aryl methyl sites for hydroxylation is 1. The van der Waals surface area contributed by atoms with Crippen LogP contribution in [0.15, 0.2) is 66.2 Å². The number of anilines is 1. The number of halogens is 1. The fourth-order valence-electron chi connectivity index (χ4n) is 4.52. The largest absolute Gasteiger partial charge is 0.507 e. The first-order valence-electron chi connectivity index (χ1n) is 12.1. The van der Waals surface area contributed by atoms with E-state index in [9.17, 15) is 14.7 Å². The first-order chi connectivity index (χ1) is 18.4. The second kappa shape index (κ2) is 10.5. The van der Waals surface area contributed by atoms with Crippen molar-refractivity contribution in [1.82, 2.24) is 4.98 Å². The molecule has 1 fully saturated rings. The minimum atomic E-state index is -0.943. The molecule has 7 nitrogen and oxygen atoms in total. The monoisotopic (exact) mass is 548 g/mol. The molecule has 2 heterocycles. The molecule has 5 rings (SSSR count). The van der Waals surface area contributed by atoms with Crippen LogP contribution in [0.3, 0.4) is 0 Å². The number of carbonyl (C=O) groups excluding carboxylic acids is 2. The number of hydrogen-bond acceptors (Lipinski definition) is 7. The third kappa shape index (κ3) is 4.50. The van der Waals surface area contributed by atoms with Crippen LogP contribution >= 0.6 is 22.9 Å². The molecular formula is C29H25ClN2O5S. The van der Waals surface area contributed by atoms with Gasteiger partial charge in [0, 0.05) is 10.6 Å². The highest BCUT2D eigenvalue weighted by Gasteiger charge is 2.48. The van der Waals surface area contributed by atoms with Gasteiger partial charge in [0.05, 0.1) is 35.5 Å². The summed E-state index contributed by atoms with van der Waals surface area (Å²) in [5.74, 6) is -0.898. The summed E-state index contributed by atoms with van der Waals surface area (Å²) in [6.07, 6.45) is 0.862. The van der Waals surface area contributed by atoms with Crippen molar-refractivity contribution < 1.29 is 24.2 Å². The van der Waals surface area contributed by atoms with Gasteiger partial charge in [-0.15, -0.1) is 0 Å². The summed E-state index contributed by atoms with van der Waals surface area (Å²) in [5, 5.41) is 12.2. The normalized spacial score (nSPS) is 16.8. The van der Waals surface area contributed by atoms with Crippen molar-refractivity contribution in [2.24, 2.45) is 0 Å². The Balaban J connectivity index is 1.72. The van der Waals surface area contributed by atoms with Crippen LogP contribution in [0.2, 0.25) is 5.02 Å². The van der Waals surface area contributed by atoms with Gasteiger partial charge in [-0.3, -0.25) is 14.5 Å². The Hall–Kier alpha value is -3.88. The molecule has 194 valence electrons. The number of ketones is 1. The number of thiazole rings is 1. The van der Waals surface area contributed by atoms with Gasteiger partial charge in [-0.05, 0) is 73.0 Å². The summed E-state index contributed by atoms with van der Waals surface area (Å²) < 4.78 is 12.1. The molecule has 1 saturated heterocycles. The van der Waals surface area contributed by atoms with Crippen LogP contribution in [0.4, 0.5) is 5.13 Å². The highest BCUT2D eigenvalue weighted by molar-refractivity contribution is 7.22. The van der Waals surface area contributed by atoms with Crippen molar-refractivity contribution in [1.29, 1.82) is 0 Å². The molecule has 1 aliphatic heterocycles. The SMILES string of the molecule is CCOc1ccc([C@@H]2C(=C(O)c3ccc(Cl)cc3)C(=O)C(=O)N2c2nc3ccc(CC)cc3s2)cc1OC. The van der Waals surface area contributed by atoms with Crippen LogP contribution in [0.1, 0.15) is 36.6 Å². The maximum Gasteiger partial charge on any atom is 0.301 e. The van der Waals surface area contributed by atoms with Crippen molar-refractivity contribution in [2.75, 3.05) is 18.6 Å². The van der Waals surface area contributed by atoms with Crippen LogP contribution in [-0.2, 0) is 16.0 Å². The van der Waals surface area contributed by atoms with E-state index in [0.717, 1.165) is 22.2 Å². The molecule has 0 saturated carbocycles. The molecule has 0 bridgehead atoms. The molecule has 1 N–H and O–H groups in total. The van der Waals surface area contributed by atoms with E-state index in [0.29, 0.717) is 39.4 Å². The second-order valence-electron chi connectivity index (χ2n) is 8.67. The lowest BCUT2D eigenvalue weighted by Gasteiger charge is -2.24. The summed E-state index contributed by atoms with van der Waals surface area (Å²) >= 11 is 7.36. The highest BCUT2D eigenvalue weighted by Crippen LogP contribution is 2.46. The van der Waals surface area contributed by atoms with Crippen molar-refractivity contribution in [3.63, 3.8) is 0 Å². The standard InChI is InChI=1S/C29H25ClN2O5S/c1-4-16-6-12-20-23(14-16)38-29(31-20)32-25(18-9-13-21(37-5-2)22(15-18)36-3)24(27(34)28(32)35)26(33)17-7-10-19(30)11-8-17/h6-15,25,33H,4-5H2,1-3H3/t25-/m1/s1. The number of aromatic nitrogens is 1. The minimum Gasteiger partial charge on any atom is -0.507 e. The third-order valence-electron chi connectivity index (χ3n) is 6.42. The fourth-order valence-corrected chi connectivity index (χ4v) is 5.70. The van der Waals surface area contributed by atoms with Gasteiger partial charge in [0.15, 0.2) is 16.6 Å². The third-order valence-corrected chi connectivity index (χ3v) is 7.69. The summed E-state index contributed by atoms with van der Waals surface area (Å²) in [6.45, 7) is 4.37. The number of carbonyl (C=O) groups is 2. The van der Waals surface area contributed by atoms with Gasteiger partial charge >= 0.3 is 5.91 Å². The van der Waals surface area contributed by atoms with Crippen molar-refractivity contribution >= 4 is 55.7 Å². The van der Waals surface area contributed by atoms with Crippen LogP contribution in [0.5, 0.6) is 11.5 Å². The van der Waals surface area contributed by atoms with Crippen molar-refractivity contribution in [2.45, 2.75) is 26.3 Å². The summed E-state index contributed by atoms with van der Waals surface area (Å²) in [5.41, 5.74) is 2.76. The van der Waals surface area contributed by atoms with Gasteiger partial charge in [0.1, 0.15) is 5.76 Å². The zero-order valence-corrected chi connectivity index (χ0v) is 22.6. The molecule has 0 radical (unpaired) electrons. The molecule has 1 aliphatic rings. The minimum absolute atomic E-state index is 0.0444. The zero-order chi connectivity index (χ0) is 27.0. The lowest BCUT2D eigenvalue weighted by Crippen LogP contribution is -2.29. The van der Waals surface area contributed by atoms with Gasteiger partial charge in [0.2, 0.25) is 0 Å². The molecule has 1 amide bonds. The number of benzene rings is 3. The highest BCUT2D eigenvalue weighted by atomic mass is 35.5. The number of rotatable bonds is 7. The number of Topliss-reactive ketones (excluding diaryl/α,β-unsaturated/α-hetero) is 1. The molecule has 9 heteroatoms. The van der Waals surface area contributed by atoms with E-state index in [4.69, 9.17) is 26.1 Å². The second-order valence-corrected chi connectivity index (χ2v) is 10.1. The summed E-state index contributed by atoms with van der Waals surface area (Å²) in [6, 6.07) is 16.6. The van der Waals surface area contributed by atoms with Crippen LogP contribution in [0, 0.1) is 0 Å². The molecule has 38 heavy (non-hydrogen) atoms. The Bertz CT molecular complexity index is 1580. The van der Waals surface area contributed by atoms with Crippen molar-refractivity contribution in [3.8, 4) is 11.5 Å². The van der Waals surface area contributed by atoms with E-state index in [1.807, 2.05) is 25.1 Å². The fraction of sp³-hybridized carbons (Fsp3) is 0.207. The number of hydrogen-bond donors (Lipinski definition) is 1. The molecule has 3 aromatic carbocycles. The van der Waals surface area contributed by atoms with E-state index in [1.54, 1.807) is 42.5 Å². The number of methoxy groups -OCH3 is 1.